The molecule has 1 aliphatic carbocycles. The number of non-ortho nitro benzene ring substituents is 1. The Bertz CT molecular complexity index is 509. The van der Waals surface area contributed by atoms with Crippen molar-refractivity contribution in [2.24, 2.45) is 11.8 Å². The minimum absolute atomic E-state index is 0.156. The summed E-state index contributed by atoms with van der Waals surface area (Å²) >= 11 is 3.73. The van der Waals surface area contributed by atoms with E-state index in [-0.39, 0.29) is 5.69 Å². The zero-order chi connectivity index (χ0) is 15.4. The third-order valence-corrected chi connectivity index (χ3v) is 5.55. The summed E-state index contributed by atoms with van der Waals surface area (Å²) in [7, 11) is 0. The number of alkyl halides is 1. The van der Waals surface area contributed by atoms with Gasteiger partial charge in [0.05, 0.1) is 11.0 Å². The molecule has 3 nitrogen and oxygen atoms in total. The summed E-state index contributed by atoms with van der Waals surface area (Å²) in [6.45, 7) is 2.20. The van der Waals surface area contributed by atoms with Crippen molar-refractivity contribution in [3.8, 4) is 0 Å². The Labute approximate surface area is 133 Å². The van der Waals surface area contributed by atoms with E-state index >= 15 is 0 Å². The lowest BCUT2D eigenvalue weighted by Crippen LogP contribution is -2.26. The molecule has 1 fully saturated rings. The Hall–Kier alpha value is -0.970. The van der Waals surface area contributed by atoms with Crippen molar-refractivity contribution in [2.45, 2.75) is 50.3 Å². The Morgan fingerprint density at radius 3 is 2.81 bits per heavy atom. The Kier molecular flexibility index (Phi) is 5.73. The second kappa shape index (κ2) is 7.34. The fourth-order valence-electron chi connectivity index (χ4n) is 3.37. The molecule has 0 aliphatic heterocycles. The van der Waals surface area contributed by atoms with Crippen LogP contribution >= 0.6 is 15.9 Å². The van der Waals surface area contributed by atoms with Gasteiger partial charge in [-0.3, -0.25) is 10.1 Å². The standard InChI is InChI=1S/C16H21BrFNO2/c1-2-3-11-4-5-16(17)13(6-11)7-12-8-14(18)10-15(9-12)19(20)21/h8-11,13,16H,2-7H2,1H3. The number of halogens is 2. The third-order valence-electron chi connectivity index (χ3n) is 4.35. The number of nitro groups is 1. The normalized spacial score (nSPS) is 25.8. The highest BCUT2D eigenvalue weighted by atomic mass is 79.9. The number of hydrogen-bond acceptors (Lipinski definition) is 2. The van der Waals surface area contributed by atoms with Gasteiger partial charge in [0.15, 0.2) is 0 Å². The van der Waals surface area contributed by atoms with E-state index < -0.39 is 10.7 Å². The molecule has 0 radical (unpaired) electrons. The number of rotatable bonds is 5. The number of benzene rings is 1. The van der Waals surface area contributed by atoms with E-state index in [4.69, 9.17) is 0 Å². The fraction of sp³-hybridized carbons (Fsp3) is 0.625. The van der Waals surface area contributed by atoms with Crippen LogP contribution in [0.2, 0.25) is 0 Å². The maximum atomic E-state index is 13.5. The lowest BCUT2D eigenvalue weighted by atomic mass is 9.77. The van der Waals surface area contributed by atoms with Gasteiger partial charge in [-0.1, -0.05) is 35.7 Å². The lowest BCUT2D eigenvalue weighted by molar-refractivity contribution is -0.385. The summed E-state index contributed by atoms with van der Waals surface area (Å²) in [6, 6.07) is 3.91. The molecule has 2 rings (SSSR count). The molecule has 0 aromatic heterocycles. The molecule has 0 saturated heterocycles. The van der Waals surface area contributed by atoms with Crippen molar-refractivity contribution < 1.29 is 9.31 Å². The molecule has 0 spiro atoms. The predicted octanol–water partition coefficient (Wildman–Crippen LogP) is 5.26. The highest BCUT2D eigenvalue weighted by Crippen LogP contribution is 2.38. The molecular weight excluding hydrogens is 337 g/mol. The monoisotopic (exact) mass is 357 g/mol. The van der Waals surface area contributed by atoms with Gasteiger partial charge >= 0.3 is 0 Å². The Balaban J connectivity index is 2.10. The molecule has 1 aromatic rings. The zero-order valence-electron chi connectivity index (χ0n) is 12.2. The number of nitrogens with zero attached hydrogens (tertiary/aromatic N) is 1. The Morgan fingerprint density at radius 1 is 1.38 bits per heavy atom. The van der Waals surface area contributed by atoms with Gasteiger partial charge in [-0.2, -0.15) is 0 Å². The van der Waals surface area contributed by atoms with E-state index in [0.717, 1.165) is 30.4 Å². The van der Waals surface area contributed by atoms with Crippen LogP contribution in [0.4, 0.5) is 10.1 Å². The number of hydrogen-bond donors (Lipinski definition) is 0. The van der Waals surface area contributed by atoms with Gasteiger partial charge in [0, 0.05) is 10.9 Å². The first-order valence-electron chi connectivity index (χ1n) is 7.57. The highest BCUT2D eigenvalue weighted by molar-refractivity contribution is 9.09. The summed E-state index contributed by atoms with van der Waals surface area (Å²) in [5, 5.41) is 10.8. The molecule has 21 heavy (non-hydrogen) atoms. The molecule has 0 amide bonds. The molecule has 0 N–H and O–H groups in total. The molecule has 5 heteroatoms. The van der Waals surface area contributed by atoms with Crippen LogP contribution in [0.3, 0.4) is 0 Å². The van der Waals surface area contributed by atoms with Crippen LogP contribution in [0.5, 0.6) is 0 Å². The second-order valence-electron chi connectivity index (χ2n) is 6.02. The van der Waals surface area contributed by atoms with Crippen LogP contribution in [0.25, 0.3) is 0 Å². The quantitative estimate of drug-likeness (QED) is 0.410. The van der Waals surface area contributed by atoms with Crippen molar-refractivity contribution >= 4 is 21.6 Å². The smallest absolute Gasteiger partial charge is 0.258 e. The molecule has 0 heterocycles. The van der Waals surface area contributed by atoms with Crippen LogP contribution < -0.4 is 0 Å². The molecule has 3 unspecified atom stereocenters. The van der Waals surface area contributed by atoms with Crippen molar-refractivity contribution in [3.05, 3.63) is 39.7 Å². The lowest BCUT2D eigenvalue weighted by Gasteiger charge is -2.33. The molecule has 3 atom stereocenters. The van der Waals surface area contributed by atoms with E-state index in [1.54, 1.807) is 0 Å². The van der Waals surface area contributed by atoms with Crippen molar-refractivity contribution in [1.82, 2.24) is 0 Å². The third kappa shape index (κ3) is 4.50. The first-order valence-corrected chi connectivity index (χ1v) is 8.49. The van der Waals surface area contributed by atoms with Gasteiger partial charge in [0.2, 0.25) is 0 Å². The van der Waals surface area contributed by atoms with E-state index in [9.17, 15) is 14.5 Å². The van der Waals surface area contributed by atoms with Gasteiger partial charge in [0.25, 0.3) is 5.69 Å². The van der Waals surface area contributed by atoms with Gasteiger partial charge in [-0.05, 0) is 49.1 Å². The summed E-state index contributed by atoms with van der Waals surface area (Å²) in [4.78, 5) is 10.7. The van der Waals surface area contributed by atoms with E-state index in [2.05, 4.69) is 22.9 Å². The van der Waals surface area contributed by atoms with Crippen molar-refractivity contribution in [1.29, 1.82) is 0 Å². The summed E-state index contributed by atoms with van der Waals surface area (Å²) in [5.74, 6) is 0.639. The van der Waals surface area contributed by atoms with Gasteiger partial charge in [0.1, 0.15) is 5.82 Å². The van der Waals surface area contributed by atoms with E-state index in [0.29, 0.717) is 17.2 Å². The van der Waals surface area contributed by atoms with Crippen LogP contribution in [0.15, 0.2) is 18.2 Å². The first kappa shape index (κ1) is 16.4. The first-order chi connectivity index (χ1) is 9.99. The molecule has 116 valence electrons. The minimum Gasteiger partial charge on any atom is -0.258 e. The average molecular weight is 358 g/mol. The summed E-state index contributed by atoms with van der Waals surface area (Å²) < 4.78 is 13.5. The fourth-order valence-corrected chi connectivity index (χ4v) is 4.03. The average Bonchev–Trinajstić information content (AvgIpc) is 2.42. The molecule has 0 bridgehead atoms. The second-order valence-corrected chi connectivity index (χ2v) is 7.20. The molecular formula is C16H21BrFNO2. The highest BCUT2D eigenvalue weighted by Gasteiger charge is 2.29. The van der Waals surface area contributed by atoms with Crippen LogP contribution in [0.1, 0.15) is 44.6 Å². The largest absolute Gasteiger partial charge is 0.272 e. The van der Waals surface area contributed by atoms with Gasteiger partial charge in [-0.15, -0.1) is 0 Å². The van der Waals surface area contributed by atoms with Crippen LogP contribution in [-0.2, 0) is 6.42 Å². The predicted molar refractivity (Wildman–Crippen MR) is 85.2 cm³/mol. The van der Waals surface area contributed by atoms with Crippen LogP contribution in [0, 0.1) is 27.8 Å². The summed E-state index contributed by atoms with van der Waals surface area (Å²) in [5.41, 5.74) is 0.574. The molecule has 1 saturated carbocycles. The SMILES string of the molecule is CCCC1CCC(Br)C(Cc2cc(F)cc([N+](=O)[O-])c2)C1. The maximum absolute atomic E-state index is 13.5. The number of nitro benzene ring substituents is 1. The van der Waals surface area contributed by atoms with Crippen molar-refractivity contribution in [3.63, 3.8) is 0 Å². The minimum atomic E-state index is -0.529. The zero-order valence-corrected chi connectivity index (χ0v) is 13.8. The molecule has 1 aromatic carbocycles. The van der Waals surface area contributed by atoms with E-state index in [1.165, 1.54) is 31.4 Å². The van der Waals surface area contributed by atoms with Gasteiger partial charge < -0.3 is 0 Å². The molecule has 1 aliphatic rings. The van der Waals surface area contributed by atoms with E-state index in [1.807, 2.05) is 0 Å². The van der Waals surface area contributed by atoms with Crippen molar-refractivity contribution in [2.75, 3.05) is 0 Å². The Morgan fingerprint density at radius 2 is 2.14 bits per heavy atom. The topological polar surface area (TPSA) is 43.1 Å². The maximum Gasteiger partial charge on any atom is 0.272 e. The van der Waals surface area contributed by atoms with Gasteiger partial charge in [-0.25, -0.2) is 4.39 Å². The summed E-state index contributed by atoms with van der Waals surface area (Å²) in [6.07, 6.45) is 6.62. The van der Waals surface area contributed by atoms with Crippen LogP contribution in [-0.4, -0.2) is 9.75 Å².